The smallest absolute Gasteiger partial charge is 0.228 e. The highest BCUT2D eigenvalue weighted by molar-refractivity contribution is 9.11. The normalized spacial score (nSPS) is 25.7. The van der Waals surface area contributed by atoms with E-state index in [0.29, 0.717) is 5.92 Å². The topological polar surface area (TPSA) is 41.1 Å². The minimum absolute atomic E-state index is 0.0737. The third-order valence-electron chi connectivity index (χ3n) is 3.57. The summed E-state index contributed by atoms with van der Waals surface area (Å²) in [6.07, 6.45) is 1.13. The first kappa shape index (κ1) is 14.0. The molecule has 100 valence electrons. The fourth-order valence-corrected chi connectivity index (χ4v) is 3.65. The highest BCUT2D eigenvalue weighted by Gasteiger charge is 2.25. The van der Waals surface area contributed by atoms with Gasteiger partial charge in [0.15, 0.2) is 0 Å². The second-order valence-electron chi connectivity index (χ2n) is 4.95. The van der Waals surface area contributed by atoms with Crippen LogP contribution in [-0.4, -0.2) is 25.0 Å². The number of halogens is 1. The number of amides is 1. The molecule has 18 heavy (non-hydrogen) atoms. The minimum Gasteiger partial charge on any atom is -0.351 e. The van der Waals surface area contributed by atoms with Gasteiger partial charge < -0.3 is 10.6 Å². The van der Waals surface area contributed by atoms with E-state index in [0.717, 1.165) is 28.2 Å². The Morgan fingerprint density at radius 2 is 2.39 bits per heavy atom. The van der Waals surface area contributed by atoms with Gasteiger partial charge in [0.1, 0.15) is 0 Å². The van der Waals surface area contributed by atoms with E-state index < -0.39 is 0 Å². The molecule has 1 amide bonds. The second kappa shape index (κ2) is 6.17. The lowest BCUT2D eigenvalue weighted by molar-refractivity contribution is -0.123. The molecule has 5 heteroatoms. The molecule has 0 aromatic carbocycles. The predicted molar refractivity (Wildman–Crippen MR) is 79.0 cm³/mol. The molecule has 3 unspecified atom stereocenters. The second-order valence-corrected chi connectivity index (χ2v) is 7.44. The lowest BCUT2D eigenvalue weighted by atomic mass is 9.94. The first-order valence-electron chi connectivity index (χ1n) is 6.34. The van der Waals surface area contributed by atoms with Crippen LogP contribution in [0.5, 0.6) is 0 Å². The monoisotopic (exact) mass is 330 g/mol. The van der Waals surface area contributed by atoms with Crippen molar-refractivity contribution in [2.75, 3.05) is 13.1 Å². The Morgan fingerprint density at radius 1 is 1.61 bits per heavy atom. The largest absolute Gasteiger partial charge is 0.351 e. The standard InChI is InChI=1S/C13H19BrN2OS/c1-8-5-6-15-7-10(8)16-13(17)9(2)11-3-4-12(14)18-11/h3-4,8-10,15H,5-7H2,1-2H3,(H,16,17). The van der Waals surface area contributed by atoms with E-state index >= 15 is 0 Å². The molecule has 3 nitrogen and oxygen atoms in total. The molecule has 1 aliphatic rings. The molecular weight excluding hydrogens is 312 g/mol. The van der Waals surface area contributed by atoms with E-state index in [1.165, 1.54) is 0 Å². The first-order valence-corrected chi connectivity index (χ1v) is 7.95. The molecule has 0 radical (unpaired) electrons. The molecule has 0 bridgehead atoms. The van der Waals surface area contributed by atoms with Gasteiger partial charge in [-0.05, 0) is 53.9 Å². The van der Waals surface area contributed by atoms with E-state index in [1.54, 1.807) is 11.3 Å². The Morgan fingerprint density at radius 3 is 3.00 bits per heavy atom. The van der Waals surface area contributed by atoms with Crippen molar-refractivity contribution in [2.45, 2.75) is 32.2 Å². The lowest BCUT2D eigenvalue weighted by Crippen LogP contribution is -2.51. The summed E-state index contributed by atoms with van der Waals surface area (Å²) in [6, 6.07) is 4.27. The first-order chi connectivity index (χ1) is 8.58. The molecule has 1 fully saturated rings. The van der Waals surface area contributed by atoms with Gasteiger partial charge in [0, 0.05) is 17.5 Å². The molecule has 1 saturated heterocycles. The summed E-state index contributed by atoms with van der Waals surface area (Å²) in [5.41, 5.74) is 0. The van der Waals surface area contributed by atoms with Crippen LogP contribution in [0.2, 0.25) is 0 Å². The third kappa shape index (κ3) is 3.33. The van der Waals surface area contributed by atoms with Gasteiger partial charge in [-0.1, -0.05) is 6.92 Å². The van der Waals surface area contributed by atoms with Crippen molar-refractivity contribution in [3.05, 3.63) is 20.8 Å². The van der Waals surface area contributed by atoms with Crippen LogP contribution in [0.1, 0.15) is 31.1 Å². The molecule has 0 spiro atoms. The van der Waals surface area contributed by atoms with Crippen LogP contribution in [0.15, 0.2) is 15.9 Å². The number of carbonyl (C=O) groups excluding carboxylic acids is 1. The lowest BCUT2D eigenvalue weighted by Gasteiger charge is -2.31. The van der Waals surface area contributed by atoms with E-state index in [1.807, 2.05) is 19.1 Å². The van der Waals surface area contributed by atoms with Gasteiger partial charge in [0.05, 0.1) is 9.70 Å². The number of hydrogen-bond acceptors (Lipinski definition) is 3. The van der Waals surface area contributed by atoms with Gasteiger partial charge in [0.25, 0.3) is 0 Å². The van der Waals surface area contributed by atoms with E-state index in [-0.39, 0.29) is 17.9 Å². The van der Waals surface area contributed by atoms with Crippen molar-refractivity contribution in [1.82, 2.24) is 10.6 Å². The fraction of sp³-hybridized carbons (Fsp3) is 0.615. The summed E-state index contributed by atoms with van der Waals surface area (Å²) < 4.78 is 1.07. The maximum Gasteiger partial charge on any atom is 0.228 e. The number of carbonyl (C=O) groups is 1. The molecule has 2 heterocycles. The van der Waals surface area contributed by atoms with Crippen molar-refractivity contribution < 1.29 is 4.79 Å². The Bertz CT molecular complexity index is 421. The molecule has 2 rings (SSSR count). The van der Waals surface area contributed by atoms with Crippen LogP contribution in [0.3, 0.4) is 0 Å². The molecule has 2 N–H and O–H groups in total. The van der Waals surface area contributed by atoms with Crippen molar-refractivity contribution >= 4 is 33.2 Å². The Hall–Kier alpha value is -0.390. The molecule has 1 aromatic rings. The Kier molecular flexibility index (Phi) is 4.81. The number of hydrogen-bond donors (Lipinski definition) is 2. The highest BCUT2D eigenvalue weighted by atomic mass is 79.9. The van der Waals surface area contributed by atoms with Gasteiger partial charge in [-0.15, -0.1) is 11.3 Å². The molecule has 1 aromatic heterocycles. The zero-order valence-electron chi connectivity index (χ0n) is 10.7. The van der Waals surface area contributed by atoms with Gasteiger partial charge in [0.2, 0.25) is 5.91 Å². The predicted octanol–water partition coefficient (Wildman–Crippen LogP) is 2.73. The summed E-state index contributed by atoms with van der Waals surface area (Å²) in [5.74, 6) is 0.609. The maximum atomic E-state index is 12.2. The van der Waals surface area contributed by atoms with Crippen molar-refractivity contribution in [3.8, 4) is 0 Å². The van der Waals surface area contributed by atoms with Crippen molar-refractivity contribution in [1.29, 1.82) is 0 Å². The Labute approximate surface area is 120 Å². The van der Waals surface area contributed by atoms with Crippen LogP contribution in [-0.2, 0) is 4.79 Å². The zero-order chi connectivity index (χ0) is 13.1. The zero-order valence-corrected chi connectivity index (χ0v) is 13.1. The van der Waals surface area contributed by atoms with Crippen LogP contribution in [0.4, 0.5) is 0 Å². The number of rotatable bonds is 3. The summed E-state index contributed by atoms with van der Waals surface area (Å²) >= 11 is 5.06. The van der Waals surface area contributed by atoms with Crippen molar-refractivity contribution in [2.24, 2.45) is 5.92 Å². The highest BCUT2D eigenvalue weighted by Crippen LogP contribution is 2.28. The van der Waals surface area contributed by atoms with E-state index in [4.69, 9.17) is 0 Å². The molecular formula is C13H19BrN2OS. The van der Waals surface area contributed by atoms with Crippen LogP contribution in [0.25, 0.3) is 0 Å². The third-order valence-corrected chi connectivity index (χ3v) is 5.38. The Balaban J connectivity index is 1.94. The van der Waals surface area contributed by atoms with Crippen LogP contribution in [0, 0.1) is 5.92 Å². The quantitative estimate of drug-likeness (QED) is 0.894. The fourth-order valence-electron chi connectivity index (χ4n) is 2.18. The van der Waals surface area contributed by atoms with E-state index in [9.17, 15) is 4.79 Å². The summed E-state index contributed by atoms with van der Waals surface area (Å²) in [7, 11) is 0. The van der Waals surface area contributed by atoms with Crippen LogP contribution < -0.4 is 10.6 Å². The molecule has 0 aliphatic carbocycles. The van der Waals surface area contributed by atoms with Crippen molar-refractivity contribution in [3.63, 3.8) is 0 Å². The van der Waals surface area contributed by atoms with Gasteiger partial charge in [-0.2, -0.15) is 0 Å². The maximum absolute atomic E-state index is 12.2. The molecule has 0 saturated carbocycles. The molecule has 1 aliphatic heterocycles. The van der Waals surface area contributed by atoms with Gasteiger partial charge in [-0.25, -0.2) is 0 Å². The summed E-state index contributed by atoms with van der Waals surface area (Å²) in [5, 5.41) is 6.50. The molecule has 3 atom stereocenters. The van der Waals surface area contributed by atoms with Gasteiger partial charge >= 0.3 is 0 Å². The number of nitrogens with one attached hydrogen (secondary N) is 2. The van der Waals surface area contributed by atoms with E-state index in [2.05, 4.69) is 33.5 Å². The van der Waals surface area contributed by atoms with Gasteiger partial charge in [-0.3, -0.25) is 4.79 Å². The number of piperidine rings is 1. The summed E-state index contributed by atoms with van der Waals surface area (Å²) in [4.78, 5) is 13.3. The van der Waals surface area contributed by atoms with Crippen LogP contribution >= 0.6 is 27.3 Å². The average Bonchev–Trinajstić information content (AvgIpc) is 2.78. The summed E-state index contributed by atoms with van der Waals surface area (Å²) in [6.45, 7) is 6.11. The average molecular weight is 331 g/mol. The number of thiophene rings is 1. The minimum atomic E-state index is -0.0737. The SMILES string of the molecule is CC(C(=O)NC1CNCCC1C)c1ccc(Br)s1.